The van der Waals surface area contributed by atoms with Gasteiger partial charge in [-0.15, -0.1) is 0 Å². The van der Waals surface area contributed by atoms with Gasteiger partial charge in [0.25, 0.3) is 0 Å². The topological polar surface area (TPSA) is 31.4 Å². The molecule has 0 aliphatic carbocycles. The first-order valence-electron chi connectivity index (χ1n) is 6.71. The number of ether oxygens (including phenoxy) is 2. The van der Waals surface area contributed by atoms with Gasteiger partial charge in [0.2, 0.25) is 6.79 Å². The van der Waals surface area contributed by atoms with Crippen LogP contribution in [0.4, 0.5) is 0 Å². The van der Waals surface area contributed by atoms with Crippen LogP contribution in [0.5, 0.6) is 11.5 Å². The van der Waals surface area contributed by atoms with Crippen LogP contribution in [-0.4, -0.2) is 11.8 Å². The van der Waals surface area contributed by atoms with Crippen LogP contribution in [0, 0.1) is 0 Å². The number of halogens is 1. The summed E-state index contributed by atoms with van der Waals surface area (Å²) in [6.45, 7) is 0.290. The van der Waals surface area contributed by atoms with E-state index in [1.807, 2.05) is 24.5 Å². The van der Waals surface area contributed by atoms with Gasteiger partial charge in [-0.05, 0) is 29.1 Å². The van der Waals surface area contributed by atoms with Crippen molar-refractivity contribution in [2.45, 2.75) is 6.42 Å². The maximum Gasteiger partial charge on any atom is 0.231 e. The third-order valence-electron chi connectivity index (χ3n) is 3.72. The third-order valence-corrected chi connectivity index (χ3v) is 4.47. The molecule has 21 heavy (non-hydrogen) atoms. The Bertz CT molecular complexity index is 827. The van der Waals surface area contributed by atoms with Crippen molar-refractivity contribution in [3.05, 3.63) is 64.4 Å². The smallest absolute Gasteiger partial charge is 0.231 e. The number of rotatable bonds is 2. The van der Waals surface area contributed by atoms with Crippen molar-refractivity contribution in [1.29, 1.82) is 0 Å². The summed E-state index contributed by atoms with van der Waals surface area (Å²) in [5.74, 6) is 1.66. The SMILES string of the molecule is Brc1ccc2c(c1Cc1cccc3cnccc13)OCO2. The highest BCUT2D eigenvalue weighted by Crippen LogP contribution is 2.41. The molecule has 2 aromatic carbocycles. The zero-order valence-corrected chi connectivity index (χ0v) is 12.8. The number of hydrogen-bond donors (Lipinski definition) is 0. The fraction of sp³-hybridized carbons (Fsp3) is 0.118. The number of aromatic nitrogens is 1. The van der Waals surface area contributed by atoms with Crippen LogP contribution in [-0.2, 0) is 6.42 Å². The van der Waals surface area contributed by atoms with Crippen LogP contribution in [0.1, 0.15) is 11.1 Å². The van der Waals surface area contributed by atoms with E-state index < -0.39 is 0 Å². The van der Waals surface area contributed by atoms with Crippen molar-refractivity contribution in [1.82, 2.24) is 4.98 Å². The van der Waals surface area contributed by atoms with Crippen LogP contribution in [0.2, 0.25) is 0 Å². The largest absolute Gasteiger partial charge is 0.454 e. The van der Waals surface area contributed by atoms with E-state index in [9.17, 15) is 0 Å². The fourth-order valence-electron chi connectivity index (χ4n) is 2.71. The third kappa shape index (κ3) is 2.16. The summed E-state index contributed by atoms with van der Waals surface area (Å²) in [7, 11) is 0. The van der Waals surface area contributed by atoms with E-state index in [0.29, 0.717) is 0 Å². The van der Waals surface area contributed by atoms with Gasteiger partial charge in [-0.1, -0.05) is 34.1 Å². The van der Waals surface area contributed by atoms with Crippen LogP contribution < -0.4 is 9.47 Å². The quantitative estimate of drug-likeness (QED) is 0.695. The van der Waals surface area contributed by atoms with Crippen LogP contribution >= 0.6 is 15.9 Å². The molecule has 1 aliphatic heterocycles. The number of fused-ring (bicyclic) bond motifs is 2. The maximum absolute atomic E-state index is 5.63. The summed E-state index contributed by atoms with van der Waals surface area (Å²) in [6.07, 6.45) is 4.51. The molecule has 0 atom stereocenters. The molecule has 4 heteroatoms. The summed E-state index contributed by atoms with van der Waals surface area (Å²) in [5, 5.41) is 2.37. The maximum atomic E-state index is 5.63. The van der Waals surface area contributed by atoms with E-state index in [1.165, 1.54) is 10.9 Å². The van der Waals surface area contributed by atoms with E-state index in [4.69, 9.17) is 9.47 Å². The Balaban J connectivity index is 1.84. The molecule has 0 bridgehead atoms. The molecule has 1 aliphatic rings. The summed E-state index contributed by atoms with van der Waals surface area (Å²) in [5.41, 5.74) is 2.37. The summed E-state index contributed by atoms with van der Waals surface area (Å²) >= 11 is 3.62. The van der Waals surface area contributed by atoms with Crippen LogP contribution in [0.3, 0.4) is 0 Å². The molecule has 0 N–H and O–H groups in total. The first-order chi connectivity index (χ1) is 10.3. The van der Waals surface area contributed by atoms with E-state index in [1.54, 1.807) is 0 Å². The Morgan fingerprint density at radius 1 is 1.10 bits per heavy atom. The highest BCUT2D eigenvalue weighted by atomic mass is 79.9. The second-order valence-corrected chi connectivity index (χ2v) is 5.80. The van der Waals surface area contributed by atoms with E-state index >= 15 is 0 Å². The molecule has 0 radical (unpaired) electrons. The van der Waals surface area contributed by atoms with Crippen LogP contribution in [0.25, 0.3) is 10.8 Å². The standard InChI is InChI=1S/C17H12BrNO2/c18-15-4-5-16-17(21-10-20-16)14(15)8-11-2-1-3-12-9-19-7-6-13(11)12/h1-7,9H,8,10H2. The second kappa shape index (κ2) is 5.04. The van der Waals surface area contributed by atoms with Gasteiger partial charge in [0, 0.05) is 34.2 Å². The van der Waals surface area contributed by atoms with Gasteiger partial charge in [-0.25, -0.2) is 0 Å². The van der Waals surface area contributed by atoms with Gasteiger partial charge in [0.15, 0.2) is 11.5 Å². The normalized spacial score (nSPS) is 12.8. The minimum atomic E-state index is 0.290. The van der Waals surface area contributed by atoms with Gasteiger partial charge in [0.1, 0.15) is 0 Å². The second-order valence-electron chi connectivity index (χ2n) is 4.95. The number of pyridine rings is 1. The molecular weight excluding hydrogens is 330 g/mol. The molecule has 104 valence electrons. The Hall–Kier alpha value is -2.07. The molecule has 0 unspecified atom stereocenters. The summed E-state index contributed by atoms with van der Waals surface area (Å²) in [6, 6.07) is 12.3. The highest BCUT2D eigenvalue weighted by molar-refractivity contribution is 9.10. The first kappa shape index (κ1) is 12.7. The van der Waals surface area contributed by atoms with Crippen molar-refractivity contribution in [2.24, 2.45) is 0 Å². The molecule has 4 rings (SSSR count). The predicted molar refractivity (Wildman–Crippen MR) is 84.8 cm³/mol. The Kier molecular flexibility index (Phi) is 3.04. The summed E-state index contributed by atoms with van der Waals surface area (Å²) < 4.78 is 12.1. The number of benzene rings is 2. The number of nitrogens with zero attached hydrogens (tertiary/aromatic N) is 1. The lowest BCUT2D eigenvalue weighted by Gasteiger charge is -2.10. The average molecular weight is 342 g/mol. The van der Waals surface area contributed by atoms with E-state index in [0.717, 1.165) is 33.3 Å². The summed E-state index contributed by atoms with van der Waals surface area (Å²) in [4.78, 5) is 4.18. The van der Waals surface area contributed by atoms with Gasteiger partial charge in [-0.2, -0.15) is 0 Å². The lowest BCUT2D eigenvalue weighted by Crippen LogP contribution is -1.96. The molecular formula is C17H12BrNO2. The Labute approximate surface area is 130 Å². The Morgan fingerprint density at radius 3 is 3.00 bits per heavy atom. The lowest BCUT2D eigenvalue weighted by molar-refractivity contribution is 0.173. The van der Waals surface area contributed by atoms with Crippen LogP contribution in [0.15, 0.2) is 53.3 Å². The Morgan fingerprint density at radius 2 is 2.05 bits per heavy atom. The van der Waals surface area contributed by atoms with Gasteiger partial charge in [0.05, 0.1) is 0 Å². The van der Waals surface area contributed by atoms with Crippen molar-refractivity contribution in [3.63, 3.8) is 0 Å². The zero-order chi connectivity index (χ0) is 14.2. The molecule has 0 fully saturated rings. The minimum Gasteiger partial charge on any atom is -0.454 e. The monoisotopic (exact) mass is 341 g/mol. The van der Waals surface area contributed by atoms with Crippen molar-refractivity contribution < 1.29 is 9.47 Å². The van der Waals surface area contributed by atoms with Crippen molar-refractivity contribution in [2.75, 3.05) is 6.79 Å². The molecule has 2 heterocycles. The number of hydrogen-bond acceptors (Lipinski definition) is 3. The lowest BCUT2D eigenvalue weighted by atomic mass is 9.99. The molecule has 3 aromatic rings. The zero-order valence-electron chi connectivity index (χ0n) is 11.2. The molecule has 0 amide bonds. The van der Waals surface area contributed by atoms with Gasteiger partial charge >= 0.3 is 0 Å². The van der Waals surface area contributed by atoms with E-state index in [2.05, 4.69) is 45.2 Å². The minimum absolute atomic E-state index is 0.290. The fourth-order valence-corrected chi connectivity index (χ4v) is 3.16. The van der Waals surface area contributed by atoms with E-state index in [-0.39, 0.29) is 6.79 Å². The van der Waals surface area contributed by atoms with Gasteiger partial charge < -0.3 is 9.47 Å². The predicted octanol–water partition coefficient (Wildman–Crippen LogP) is 4.32. The molecule has 3 nitrogen and oxygen atoms in total. The molecule has 1 aromatic heterocycles. The van der Waals surface area contributed by atoms with Crippen molar-refractivity contribution >= 4 is 26.7 Å². The average Bonchev–Trinajstić information content (AvgIpc) is 2.99. The van der Waals surface area contributed by atoms with Gasteiger partial charge in [-0.3, -0.25) is 4.98 Å². The molecule has 0 saturated heterocycles. The first-order valence-corrected chi connectivity index (χ1v) is 7.51. The molecule has 0 spiro atoms. The highest BCUT2D eigenvalue weighted by Gasteiger charge is 2.20. The molecule has 0 saturated carbocycles. The van der Waals surface area contributed by atoms with Crippen molar-refractivity contribution in [3.8, 4) is 11.5 Å².